The van der Waals surface area contributed by atoms with Crippen molar-refractivity contribution in [2.75, 3.05) is 38.3 Å². The highest BCUT2D eigenvalue weighted by atomic mass is 19.1. The number of pyridine rings is 1. The Hall–Kier alpha value is -3.07. The molecular formula is C19H19F2N3O4. The highest BCUT2D eigenvalue weighted by Gasteiger charge is 2.27. The summed E-state index contributed by atoms with van der Waals surface area (Å²) in [6.45, 7) is 1.45. The third-order valence-corrected chi connectivity index (χ3v) is 4.28. The minimum absolute atomic E-state index is 0.0554. The van der Waals surface area contributed by atoms with Gasteiger partial charge in [-0.2, -0.15) is 0 Å². The molecule has 9 heteroatoms. The van der Waals surface area contributed by atoms with E-state index in [-0.39, 0.29) is 17.8 Å². The molecule has 2 heterocycles. The van der Waals surface area contributed by atoms with Crippen LogP contribution in [0, 0.1) is 11.6 Å². The first kappa shape index (κ1) is 19.7. The summed E-state index contributed by atoms with van der Waals surface area (Å²) in [6, 6.07) is 5.65. The number of morpholine rings is 1. The Morgan fingerprint density at radius 2 is 1.96 bits per heavy atom. The number of hydrogen-bond acceptors (Lipinski definition) is 5. The average molecular weight is 391 g/mol. The fourth-order valence-corrected chi connectivity index (χ4v) is 2.80. The van der Waals surface area contributed by atoms with Gasteiger partial charge in [-0.25, -0.2) is 18.4 Å². The van der Waals surface area contributed by atoms with Crippen molar-refractivity contribution in [3.63, 3.8) is 0 Å². The third kappa shape index (κ3) is 4.42. The molecule has 1 aromatic heterocycles. The van der Waals surface area contributed by atoms with Crippen LogP contribution in [0.25, 0.3) is 0 Å². The summed E-state index contributed by atoms with van der Waals surface area (Å²) in [5, 5.41) is 0. The first-order chi connectivity index (χ1) is 13.5. The molecule has 0 bridgehead atoms. The number of carbonyl (C=O) groups excluding carboxylic acids is 2. The lowest BCUT2D eigenvalue weighted by atomic mass is 10.2. The van der Waals surface area contributed by atoms with E-state index in [2.05, 4.69) is 9.72 Å². The van der Waals surface area contributed by atoms with Crippen molar-refractivity contribution in [3.8, 4) is 0 Å². The summed E-state index contributed by atoms with van der Waals surface area (Å²) in [4.78, 5) is 31.4. The number of nitrogens with zero attached hydrogens (tertiary/aromatic N) is 3. The summed E-state index contributed by atoms with van der Waals surface area (Å²) < 4.78 is 37.6. The predicted octanol–water partition coefficient (Wildman–Crippen LogP) is 2.61. The summed E-state index contributed by atoms with van der Waals surface area (Å²) in [7, 11) is 1.26. The van der Waals surface area contributed by atoms with Crippen LogP contribution in [-0.2, 0) is 16.0 Å². The summed E-state index contributed by atoms with van der Waals surface area (Å²) in [5.41, 5.74) is 0.625. The Morgan fingerprint density at radius 3 is 2.57 bits per heavy atom. The number of urea groups is 1. The van der Waals surface area contributed by atoms with Crippen LogP contribution in [0.15, 0.2) is 36.5 Å². The number of rotatable bonds is 4. The lowest BCUT2D eigenvalue weighted by Crippen LogP contribution is -2.48. The van der Waals surface area contributed by atoms with E-state index in [9.17, 15) is 18.4 Å². The predicted molar refractivity (Wildman–Crippen MR) is 95.9 cm³/mol. The van der Waals surface area contributed by atoms with E-state index in [4.69, 9.17) is 4.74 Å². The Bertz CT molecular complexity index is 855. The fourth-order valence-electron chi connectivity index (χ4n) is 2.80. The van der Waals surface area contributed by atoms with Crippen molar-refractivity contribution in [1.29, 1.82) is 0 Å². The summed E-state index contributed by atoms with van der Waals surface area (Å²) in [5.74, 6) is -2.13. The number of carbonyl (C=O) groups is 2. The number of ether oxygens (including phenoxy) is 2. The van der Waals surface area contributed by atoms with Crippen molar-refractivity contribution in [1.82, 2.24) is 9.88 Å². The van der Waals surface area contributed by atoms with Gasteiger partial charge in [-0.3, -0.25) is 9.88 Å². The highest BCUT2D eigenvalue weighted by Crippen LogP contribution is 2.24. The number of esters is 1. The first-order valence-corrected chi connectivity index (χ1v) is 8.62. The molecule has 0 spiro atoms. The lowest BCUT2D eigenvalue weighted by Gasteiger charge is -2.33. The topological polar surface area (TPSA) is 72.0 Å². The Labute approximate surface area is 160 Å². The van der Waals surface area contributed by atoms with E-state index in [1.54, 1.807) is 6.07 Å². The van der Waals surface area contributed by atoms with Crippen LogP contribution in [0.1, 0.15) is 16.1 Å². The number of benzene rings is 1. The second kappa shape index (κ2) is 8.75. The summed E-state index contributed by atoms with van der Waals surface area (Å²) >= 11 is 0. The van der Waals surface area contributed by atoms with Crippen LogP contribution in [-0.4, -0.2) is 55.3 Å². The minimum Gasteiger partial charge on any atom is -0.465 e. The summed E-state index contributed by atoms with van der Waals surface area (Å²) in [6.07, 6.45) is 1.32. The molecule has 7 nitrogen and oxygen atoms in total. The third-order valence-electron chi connectivity index (χ3n) is 4.28. The fraction of sp³-hybridized carbons (Fsp3) is 0.316. The van der Waals surface area contributed by atoms with Gasteiger partial charge in [0.05, 0.1) is 43.8 Å². The van der Waals surface area contributed by atoms with Gasteiger partial charge >= 0.3 is 12.0 Å². The number of hydrogen-bond donors (Lipinski definition) is 0. The van der Waals surface area contributed by atoms with E-state index < -0.39 is 23.6 Å². The van der Waals surface area contributed by atoms with Crippen LogP contribution < -0.4 is 4.90 Å². The molecule has 3 rings (SSSR count). The Balaban J connectivity index is 1.89. The van der Waals surface area contributed by atoms with E-state index in [1.807, 2.05) is 0 Å². The zero-order valence-corrected chi connectivity index (χ0v) is 15.2. The standard InChI is InChI=1S/C19H19F2N3O4/c1-27-18(25)13-2-4-15(22-11-13)12-24(17-5-3-14(20)10-16(17)21)19(26)23-6-8-28-9-7-23/h2-5,10-11H,6-9,12H2,1H3. The van der Waals surface area contributed by atoms with Gasteiger partial charge in [-0.1, -0.05) is 0 Å². The zero-order valence-electron chi connectivity index (χ0n) is 15.2. The van der Waals surface area contributed by atoms with Crippen LogP contribution in [0.5, 0.6) is 0 Å². The molecule has 28 heavy (non-hydrogen) atoms. The van der Waals surface area contributed by atoms with Crippen molar-refractivity contribution >= 4 is 17.7 Å². The largest absolute Gasteiger partial charge is 0.465 e. The second-order valence-electron chi connectivity index (χ2n) is 6.09. The number of anilines is 1. The van der Waals surface area contributed by atoms with Crippen molar-refractivity contribution in [2.24, 2.45) is 0 Å². The van der Waals surface area contributed by atoms with E-state index >= 15 is 0 Å². The quantitative estimate of drug-likeness (QED) is 0.750. The molecule has 148 valence electrons. The van der Waals surface area contributed by atoms with Gasteiger partial charge < -0.3 is 14.4 Å². The molecule has 1 saturated heterocycles. The maximum Gasteiger partial charge on any atom is 0.339 e. The van der Waals surface area contributed by atoms with Crippen LogP contribution in [0.2, 0.25) is 0 Å². The highest BCUT2D eigenvalue weighted by molar-refractivity contribution is 5.92. The molecule has 0 atom stereocenters. The maximum absolute atomic E-state index is 14.4. The molecule has 2 aromatic rings. The molecule has 0 aliphatic carbocycles. The van der Waals surface area contributed by atoms with Crippen LogP contribution >= 0.6 is 0 Å². The molecule has 0 N–H and O–H groups in total. The monoisotopic (exact) mass is 391 g/mol. The maximum atomic E-state index is 14.4. The first-order valence-electron chi connectivity index (χ1n) is 8.62. The molecule has 1 aromatic carbocycles. The van der Waals surface area contributed by atoms with Gasteiger partial charge in [0.1, 0.15) is 11.6 Å². The van der Waals surface area contributed by atoms with Gasteiger partial charge in [0.2, 0.25) is 0 Å². The van der Waals surface area contributed by atoms with Gasteiger partial charge in [0, 0.05) is 25.4 Å². The molecule has 0 radical (unpaired) electrons. The minimum atomic E-state index is -0.854. The number of aromatic nitrogens is 1. The van der Waals surface area contributed by atoms with Gasteiger partial charge in [-0.05, 0) is 24.3 Å². The normalized spacial score (nSPS) is 13.9. The van der Waals surface area contributed by atoms with Crippen LogP contribution in [0.4, 0.5) is 19.3 Å². The molecule has 1 fully saturated rings. The van der Waals surface area contributed by atoms with E-state index in [0.29, 0.717) is 32.0 Å². The van der Waals surface area contributed by atoms with Gasteiger partial charge in [-0.15, -0.1) is 0 Å². The van der Waals surface area contributed by atoms with E-state index in [0.717, 1.165) is 12.1 Å². The molecule has 0 saturated carbocycles. The zero-order chi connectivity index (χ0) is 20.1. The number of amides is 2. The molecule has 1 aliphatic rings. The second-order valence-corrected chi connectivity index (χ2v) is 6.09. The number of methoxy groups -OCH3 is 1. The molecular weight excluding hydrogens is 372 g/mol. The van der Waals surface area contributed by atoms with Crippen LogP contribution in [0.3, 0.4) is 0 Å². The average Bonchev–Trinajstić information content (AvgIpc) is 2.72. The Morgan fingerprint density at radius 1 is 1.21 bits per heavy atom. The van der Waals surface area contributed by atoms with Gasteiger partial charge in [0.25, 0.3) is 0 Å². The smallest absolute Gasteiger partial charge is 0.339 e. The molecule has 2 amide bonds. The SMILES string of the molecule is COC(=O)c1ccc(CN(C(=O)N2CCOCC2)c2ccc(F)cc2F)nc1. The molecule has 0 unspecified atom stereocenters. The number of halogens is 2. The van der Waals surface area contributed by atoms with Crippen molar-refractivity contribution in [3.05, 3.63) is 59.4 Å². The molecule has 1 aliphatic heterocycles. The van der Waals surface area contributed by atoms with Gasteiger partial charge in [0.15, 0.2) is 0 Å². The Kier molecular flexibility index (Phi) is 6.15. The van der Waals surface area contributed by atoms with Crippen molar-refractivity contribution in [2.45, 2.75) is 6.54 Å². The lowest BCUT2D eigenvalue weighted by molar-refractivity contribution is 0.0547. The van der Waals surface area contributed by atoms with E-state index in [1.165, 1.54) is 35.2 Å². The van der Waals surface area contributed by atoms with Crippen molar-refractivity contribution < 1.29 is 27.8 Å².